The van der Waals surface area contributed by atoms with E-state index in [9.17, 15) is 14.4 Å². The molecule has 6 nitrogen and oxygen atoms in total. The first-order chi connectivity index (χ1) is 9.90. The Labute approximate surface area is 131 Å². The molecule has 0 unspecified atom stereocenters. The highest BCUT2D eigenvalue weighted by Crippen LogP contribution is 2.20. The molecule has 1 rings (SSSR count). The Bertz CT molecular complexity index is 539. The average Bonchev–Trinajstić information content (AvgIpc) is 2.40. The van der Waals surface area contributed by atoms with Crippen molar-refractivity contribution in [2.75, 3.05) is 5.75 Å². The summed E-state index contributed by atoms with van der Waals surface area (Å²) < 4.78 is 4.87. The van der Waals surface area contributed by atoms with Gasteiger partial charge in [-0.05, 0) is 18.6 Å². The van der Waals surface area contributed by atoms with Gasteiger partial charge >= 0.3 is 12.0 Å². The third-order valence-electron chi connectivity index (χ3n) is 2.36. The topological polar surface area (TPSA) is 98.5 Å². The molecule has 1 atom stereocenters. The van der Waals surface area contributed by atoms with E-state index in [1.807, 2.05) is 23.5 Å². The van der Waals surface area contributed by atoms with Crippen molar-refractivity contribution in [2.45, 2.75) is 18.8 Å². The highest BCUT2D eigenvalue weighted by Gasteiger charge is 2.18. The maximum Gasteiger partial charge on any atom is 0.318 e. The molecule has 0 heterocycles. The molecule has 0 aliphatic rings. The van der Waals surface area contributed by atoms with Gasteiger partial charge in [0, 0.05) is 10.8 Å². The number of nitrogens with one attached hydrogen (secondary N) is 1. The van der Waals surface area contributed by atoms with Crippen molar-refractivity contribution in [2.24, 2.45) is 5.73 Å². The molecule has 114 valence electrons. The quantitative estimate of drug-likeness (QED) is 0.773. The Hall–Kier alpha value is -1.73. The third kappa shape index (κ3) is 6.50. The van der Waals surface area contributed by atoms with Crippen LogP contribution < -0.4 is 11.1 Å². The van der Waals surface area contributed by atoms with Crippen LogP contribution in [0.15, 0.2) is 24.3 Å². The molecule has 0 aliphatic heterocycles. The molecule has 21 heavy (non-hydrogen) atoms. The van der Waals surface area contributed by atoms with Gasteiger partial charge in [-0.3, -0.25) is 14.9 Å². The molecule has 1 aromatic rings. The number of carbonyl (C=O) groups excluding carboxylic acids is 3. The fourth-order valence-corrected chi connectivity index (χ4v) is 2.46. The summed E-state index contributed by atoms with van der Waals surface area (Å²) in [6.07, 6.45) is -1.08. The number of urea groups is 1. The number of ether oxygens (including phenoxy) is 1. The lowest BCUT2D eigenvalue weighted by molar-refractivity contribution is -0.151. The first-order valence-corrected chi connectivity index (χ1v) is 7.54. The van der Waals surface area contributed by atoms with Crippen molar-refractivity contribution in [1.82, 2.24) is 5.32 Å². The monoisotopic (exact) mass is 330 g/mol. The van der Waals surface area contributed by atoms with E-state index >= 15 is 0 Å². The van der Waals surface area contributed by atoms with Gasteiger partial charge in [0.05, 0.1) is 5.75 Å². The first-order valence-electron chi connectivity index (χ1n) is 6.01. The third-order valence-corrected chi connectivity index (χ3v) is 3.68. The van der Waals surface area contributed by atoms with Crippen LogP contribution >= 0.6 is 23.4 Å². The zero-order valence-corrected chi connectivity index (χ0v) is 12.9. The second-order valence-electron chi connectivity index (χ2n) is 4.07. The molecule has 8 heteroatoms. The number of thioether (sulfide) groups is 1. The summed E-state index contributed by atoms with van der Waals surface area (Å²) in [6.45, 7) is 1.36. The number of imide groups is 1. The van der Waals surface area contributed by atoms with E-state index in [1.165, 1.54) is 18.7 Å². The number of halogens is 1. The van der Waals surface area contributed by atoms with Crippen LogP contribution in [0, 0.1) is 0 Å². The number of hydrogen-bond acceptors (Lipinski definition) is 5. The minimum Gasteiger partial charge on any atom is -0.452 e. The fourth-order valence-electron chi connectivity index (χ4n) is 1.37. The number of benzene rings is 1. The second kappa shape index (κ2) is 8.53. The molecule has 0 bridgehead atoms. The Morgan fingerprint density at radius 1 is 1.38 bits per heavy atom. The van der Waals surface area contributed by atoms with Crippen molar-refractivity contribution >= 4 is 41.3 Å². The lowest BCUT2D eigenvalue weighted by Gasteiger charge is -2.11. The van der Waals surface area contributed by atoms with Crippen molar-refractivity contribution in [3.63, 3.8) is 0 Å². The lowest BCUT2D eigenvalue weighted by atomic mass is 10.2. The van der Waals surface area contributed by atoms with Crippen LogP contribution in [-0.2, 0) is 20.1 Å². The van der Waals surface area contributed by atoms with E-state index in [2.05, 4.69) is 0 Å². The number of esters is 1. The van der Waals surface area contributed by atoms with Crippen molar-refractivity contribution in [3.05, 3.63) is 34.9 Å². The maximum absolute atomic E-state index is 11.5. The lowest BCUT2D eigenvalue weighted by Crippen LogP contribution is -2.42. The summed E-state index contributed by atoms with van der Waals surface area (Å²) in [4.78, 5) is 33.4. The van der Waals surface area contributed by atoms with Gasteiger partial charge in [-0.1, -0.05) is 29.8 Å². The summed E-state index contributed by atoms with van der Waals surface area (Å²) >= 11 is 7.30. The molecule has 0 saturated carbocycles. The van der Waals surface area contributed by atoms with E-state index in [4.69, 9.17) is 22.1 Å². The highest BCUT2D eigenvalue weighted by molar-refractivity contribution is 7.99. The zero-order chi connectivity index (χ0) is 15.8. The Morgan fingerprint density at radius 2 is 2.05 bits per heavy atom. The number of nitrogens with two attached hydrogens (primary N) is 1. The molecule has 0 fully saturated rings. The van der Waals surface area contributed by atoms with Gasteiger partial charge in [-0.25, -0.2) is 4.79 Å². The summed E-state index contributed by atoms with van der Waals surface area (Å²) in [7, 11) is 0. The fraction of sp³-hybridized carbons (Fsp3) is 0.308. The van der Waals surface area contributed by atoms with Crippen molar-refractivity contribution in [1.29, 1.82) is 0 Å². The van der Waals surface area contributed by atoms with Gasteiger partial charge in [-0.15, -0.1) is 11.8 Å². The number of amides is 3. The number of rotatable bonds is 6. The van der Waals surface area contributed by atoms with Crippen LogP contribution in [0.25, 0.3) is 0 Å². The van der Waals surface area contributed by atoms with Crippen LogP contribution in [-0.4, -0.2) is 29.8 Å². The Morgan fingerprint density at radius 3 is 2.67 bits per heavy atom. The molecule has 0 aromatic heterocycles. The van der Waals surface area contributed by atoms with E-state index < -0.39 is 24.0 Å². The molecule has 3 N–H and O–H groups in total. The second-order valence-corrected chi connectivity index (χ2v) is 5.46. The smallest absolute Gasteiger partial charge is 0.318 e. The Kier molecular flexibility index (Phi) is 7.04. The maximum atomic E-state index is 11.5. The number of primary amides is 1. The van der Waals surface area contributed by atoms with Gasteiger partial charge in [0.1, 0.15) is 0 Å². The van der Waals surface area contributed by atoms with Gasteiger partial charge in [0.15, 0.2) is 6.10 Å². The molecule has 0 radical (unpaired) electrons. The highest BCUT2D eigenvalue weighted by atomic mass is 35.5. The molecule has 0 saturated heterocycles. The van der Waals surface area contributed by atoms with Gasteiger partial charge in [0.2, 0.25) is 0 Å². The molecule has 0 aliphatic carbocycles. The van der Waals surface area contributed by atoms with Gasteiger partial charge in [0.25, 0.3) is 5.91 Å². The molecule has 1 aromatic carbocycles. The molecular formula is C13H15ClN2O4S. The van der Waals surface area contributed by atoms with Crippen molar-refractivity contribution < 1.29 is 19.1 Å². The van der Waals surface area contributed by atoms with Crippen molar-refractivity contribution in [3.8, 4) is 0 Å². The van der Waals surface area contributed by atoms with Crippen LogP contribution in [0.5, 0.6) is 0 Å². The predicted molar refractivity (Wildman–Crippen MR) is 80.9 cm³/mol. The van der Waals surface area contributed by atoms with Crippen LogP contribution in [0.1, 0.15) is 12.5 Å². The summed E-state index contributed by atoms with van der Waals surface area (Å²) in [6, 6.07) is 6.33. The minimum absolute atomic E-state index is 0.0689. The standard InChI is InChI=1S/C13H15ClN2O4S/c1-8(12(18)16-13(15)19)20-11(17)7-21-6-9-4-2-3-5-10(9)14/h2-5,8H,6-7H2,1H3,(H3,15,16,18,19)/t8-/m0/s1. The number of hydrogen-bond donors (Lipinski definition) is 2. The van der Waals surface area contributed by atoms with E-state index in [-0.39, 0.29) is 5.75 Å². The largest absolute Gasteiger partial charge is 0.452 e. The minimum atomic E-state index is -1.08. The average molecular weight is 331 g/mol. The molecule has 3 amide bonds. The molecular weight excluding hydrogens is 316 g/mol. The van der Waals surface area contributed by atoms with E-state index in [1.54, 1.807) is 6.07 Å². The Balaban J connectivity index is 2.33. The van der Waals surface area contributed by atoms with Crippen LogP contribution in [0.2, 0.25) is 5.02 Å². The zero-order valence-electron chi connectivity index (χ0n) is 11.3. The summed E-state index contributed by atoms with van der Waals surface area (Å²) in [5.74, 6) is -0.693. The van der Waals surface area contributed by atoms with Gasteiger partial charge < -0.3 is 10.5 Å². The SMILES string of the molecule is C[C@H](OC(=O)CSCc1ccccc1Cl)C(=O)NC(N)=O. The van der Waals surface area contributed by atoms with E-state index in [0.717, 1.165) is 5.56 Å². The van der Waals surface area contributed by atoms with E-state index in [0.29, 0.717) is 10.8 Å². The van der Waals surface area contributed by atoms with Crippen LogP contribution in [0.3, 0.4) is 0 Å². The summed E-state index contributed by atoms with van der Waals surface area (Å²) in [5.41, 5.74) is 5.71. The van der Waals surface area contributed by atoms with Crippen LogP contribution in [0.4, 0.5) is 4.79 Å². The molecule has 0 spiro atoms. The predicted octanol–water partition coefficient (Wildman–Crippen LogP) is 1.70. The van der Waals surface area contributed by atoms with Gasteiger partial charge in [-0.2, -0.15) is 0 Å². The first kappa shape index (κ1) is 17.3. The summed E-state index contributed by atoms with van der Waals surface area (Å²) in [5, 5.41) is 2.47. The normalized spacial score (nSPS) is 11.5. The number of carbonyl (C=O) groups is 3.